The summed E-state index contributed by atoms with van der Waals surface area (Å²) in [4.78, 5) is 0. The lowest BCUT2D eigenvalue weighted by Crippen LogP contribution is -2.27. The van der Waals surface area contributed by atoms with E-state index in [9.17, 15) is 0 Å². The largest absolute Gasteiger partial charge is 0.375 e. The summed E-state index contributed by atoms with van der Waals surface area (Å²) in [5, 5.41) is 11.3. The van der Waals surface area contributed by atoms with Crippen LogP contribution in [-0.4, -0.2) is 29.2 Å². The molecule has 0 saturated heterocycles. The molecule has 0 aliphatic rings. The fourth-order valence-electron chi connectivity index (χ4n) is 2.21. The van der Waals surface area contributed by atoms with Gasteiger partial charge >= 0.3 is 0 Å². The van der Waals surface area contributed by atoms with Crippen LogP contribution in [0.15, 0.2) is 34.9 Å². The summed E-state index contributed by atoms with van der Waals surface area (Å²) in [6.07, 6.45) is -0.111. The van der Waals surface area contributed by atoms with Crippen molar-refractivity contribution in [1.29, 1.82) is 0 Å². The smallest absolute Gasteiger partial charge is 0.153 e. The van der Waals surface area contributed by atoms with Crippen molar-refractivity contribution >= 4 is 15.9 Å². The van der Waals surface area contributed by atoms with Crippen LogP contribution in [0.1, 0.15) is 23.4 Å². The molecule has 0 spiro atoms. The molecule has 19 heavy (non-hydrogen) atoms. The zero-order valence-corrected chi connectivity index (χ0v) is 12.8. The van der Waals surface area contributed by atoms with Crippen LogP contribution in [0.2, 0.25) is 0 Å². The summed E-state index contributed by atoms with van der Waals surface area (Å²) in [5.41, 5.74) is 2.07. The molecular formula is C13H17BrN4O. The highest BCUT2D eigenvalue weighted by Crippen LogP contribution is 2.33. The Morgan fingerprint density at radius 1 is 1.32 bits per heavy atom. The van der Waals surface area contributed by atoms with E-state index in [0.29, 0.717) is 0 Å². The highest BCUT2D eigenvalue weighted by molar-refractivity contribution is 9.10. The van der Waals surface area contributed by atoms with Crippen LogP contribution in [0.5, 0.6) is 0 Å². The van der Waals surface area contributed by atoms with E-state index >= 15 is 0 Å². The van der Waals surface area contributed by atoms with Crippen molar-refractivity contribution in [2.45, 2.75) is 12.1 Å². The number of halogens is 1. The van der Waals surface area contributed by atoms with Crippen molar-refractivity contribution in [3.63, 3.8) is 0 Å². The minimum Gasteiger partial charge on any atom is -0.375 e. The highest BCUT2D eigenvalue weighted by Gasteiger charge is 2.28. The van der Waals surface area contributed by atoms with E-state index in [1.54, 1.807) is 11.8 Å². The third-order valence-corrected chi connectivity index (χ3v) is 3.68. The first-order valence-electron chi connectivity index (χ1n) is 5.99. The number of hydrogen-bond donors (Lipinski definition) is 1. The van der Waals surface area contributed by atoms with Crippen LogP contribution < -0.4 is 5.32 Å². The molecular weight excluding hydrogens is 308 g/mol. The minimum atomic E-state index is -0.111. The van der Waals surface area contributed by atoms with Gasteiger partial charge in [0, 0.05) is 14.2 Å². The zero-order chi connectivity index (χ0) is 13.8. The number of nitrogens with zero attached hydrogens (tertiary/aromatic N) is 3. The van der Waals surface area contributed by atoms with Gasteiger partial charge in [-0.05, 0) is 28.5 Å². The number of aromatic nitrogens is 3. The van der Waals surface area contributed by atoms with Gasteiger partial charge in [0.05, 0.1) is 11.7 Å². The SMILES string of the molecule is CNC(c1c(Br)nnn1C)C(OC)c1ccccc1. The van der Waals surface area contributed by atoms with Gasteiger partial charge in [0.15, 0.2) is 4.60 Å². The van der Waals surface area contributed by atoms with Gasteiger partial charge in [-0.25, -0.2) is 4.68 Å². The Morgan fingerprint density at radius 3 is 2.47 bits per heavy atom. The van der Waals surface area contributed by atoms with Crippen molar-refractivity contribution in [1.82, 2.24) is 20.3 Å². The van der Waals surface area contributed by atoms with Gasteiger partial charge in [-0.2, -0.15) is 0 Å². The maximum atomic E-state index is 5.67. The molecule has 1 N–H and O–H groups in total. The molecule has 0 saturated carbocycles. The third-order valence-electron chi connectivity index (χ3n) is 3.12. The number of methoxy groups -OCH3 is 1. The molecule has 0 amide bonds. The highest BCUT2D eigenvalue weighted by atomic mass is 79.9. The van der Waals surface area contributed by atoms with Crippen LogP contribution in [0.3, 0.4) is 0 Å². The van der Waals surface area contributed by atoms with Crippen molar-refractivity contribution < 1.29 is 4.74 Å². The summed E-state index contributed by atoms with van der Waals surface area (Å²) in [6, 6.07) is 10.1. The van der Waals surface area contributed by atoms with E-state index < -0.39 is 0 Å². The lowest BCUT2D eigenvalue weighted by Gasteiger charge is -2.26. The second kappa shape index (κ2) is 6.27. The average molecular weight is 325 g/mol. The van der Waals surface area contributed by atoms with Crippen LogP contribution in [0.25, 0.3) is 0 Å². The summed E-state index contributed by atoms with van der Waals surface area (Å²) < 4.78 is 8.15. The fourth-order valence-corrected chi connectivity index (χ4v) is 2.78. The number of ether oxygens (including phenoxy) is 1. The molecule has 0 radical (unpaired) electrons. The molecule has 0 bridgehead atoms. The monoisotopic (exact) mass is 324 g/mol. The predicted molar refractivity (Wildman–Crippen MR) is 76.7 cm³/mol. The molecule has 2 aromatic rings. The van der Waals surface area contributed by atoms with Gasteiger partial charge in [-0.3, -0.25) is 0 Å². The predicted octanol–water partition coefficient (Wildman–Crippen LogP) is 2.23. The van der Waals surface area contributed by atoms with Gasteiger partial charge in [-0.1, -0.05) is 35.5 Å². The summed E-state index contributed by atoms with van der Waals surface area (Å²) in [5.74, 6) is 0. The summed E-state index contributed by atoms with van der Waals surface area (Å²) >= 11 is 3.44. The second-order valence-corrected chi connectivity index (χ2v) is 4.97. The molecule has 5 nitrogen and oxygen atoms in total. The standard InChI is InChI=1S/C13H17BrN4O/c1-15-10(11-13(14)16-17-18(11)2)12(19-3)9-7-5-4-6-8-9/h4-8,10,12,15H,1-3H3. The first-order valence-corrected chi connectivity index (χ1v) is 6.78. The van der Waals surface area contributed by atoms with Crippen molar-refractivity contribution in [3.8, 4) is 0 Å². The third kappa shape index (κ3) is 2.86. The molecule has 2 atom stereocenters. The number of benzene rings is 1. The van der Waals surface area contributed by atoms with Crippen LogP contribution in [-0.2, 0) is 11.8 Å². The van der Waals surface area contributed by atoms with Crippen LogP contribution in [0, 0.1) is 0 Å². The Labute approximate surface area is 121 Å². The molecule has 1 heterocycles. The maximum absolute atomic E-state index is 5.67. The average Bonchev–Trinajstić information content (AvgIpc) is 2.77. The van der Waals surface area contributed by atoms with Crippen molar-refractivity contribution in [3.05, 3.63) is 46.2 Å². The summed E-state index contributed by atoms with van der Waals surface area (Å²) in [7, 11) is 5.48. The van der Waals surface area contributed by atoms with E-state index in [2.05, 4.69) is 43.7 Å². The first-order chi connectivity index (χ1) is 9.19. The zero-order valence-electron chi connectivity index (χ0n) is 11.2. The molecule has 102 valence electrons. The van der Waals surface area contributed by atoms with E-state index in [-0.39, 0.29) is 12.1 Å². The lowest BCUT2D eigenvalue weighted by molar-refractivity contribution is 0.0673. The number of likely N-dealkylation sites (N-methyl/N-ethyl adjacent to an activating group) is 1. The van der Waals surface area contributed by atoms with E-state index in [4.69, 9.17) is 4.74 Å². The number of hydrogen-bond acceptors (Lipinski definition) is 4. The van der Waals surface area contributed by atoms with Crippen LogP contribution >= 0.6 is 15.9 Å². The molecule has 0 aliphatic heterocycles. The van der Waals surface area contributed by atoms with Crippen LogP contribution in [0.4, 0.5) is 0 Å². The Hall–Kier alpha value is -1.24. The van der Waals surface area contributed by atoms with Gasteiger partial charge in [0.25, 0.3) is 0 Å². The molecule has 0 fully saturated rings. The second-order valence-electron chi connectivity index (χ2n) is 4.22. The minimum absolute atomic E-state index is 0.0400. The Morgan fingerprint density at radius 2 is 2.00 bits per heavy atom. The van der Waals surface area contributed by atoms with Gasteiger partial charge in [0.2, 0.25) is 0 Å². The summed E-state index contributed by atoms with van der Waals surface area (Å²) in [6.45, 7) is 0. The molecule has 2 rings (SSSR count). The molecule has 2 unspecified atom stereocenters. The van der Waals surface area contributed by atoms with E-state index in [1.165, 1.54) is 0 Å². The molecule has 0 aliphatic carbocycles. The Bertz CT molecular complexity index is 509. The lowest BCUT2D eigenvalue weighted by atomic mass is 10.00. The van der Waals surface area contributed by atoms with Gasteiger partial charge in [0.1, 0.15) is 6.10 Å². The number of nitrogens with one attached hydrogen (secondary N) is 1. The Kier molecular flexibility index (Phi) is 4.68. The number of rotatable bonds is 5. The molecule has 1 aromatic carbocycles. The fraction of sp³-hybridized carbons (Fsp3) is 0.385. The Balaban J connectivity index is 2.40. The first kappa shape index (κ1) is 14.2. The normalized spacial score (nSPS) is 14.3. The maximum Gasteiger partial charge on any atom is 0.153 e. The molecule has 1 aromatic heterocycles. The quantitative estimate of drug-likeness (QED) is 0.916. The van der Waals surface area contributed by atoms with Gasteiger partial charge < -0.3 is 10.1 Å². The van der Waals surface area contributed by atoms with Gasteiger partial charge in [-0.15, -0.1) is 5.10 Å². The van der Waals surface area contributed by atoms with Crippen molar-refractivity contribution in [2.75, 3.05) is 14.2 Å². The molecule has 6 heteroatoms. The number of aryl methyl sites for hydroxylation is 1. The van der Waals surface area contributed by atoms with E-state index in [0.717, 1.165) is 15.9 Å². The van der Waals surface area contributed by atoms with E-state index in [1.807, 2.05) is 32.3 Å². The van der Waals surface area contributed by atoms with Crippen molar-refractivity contribution in [2.24, 2.45) is 7.05 Å². The topological polar surface area (TPSA) is 52.0 Å².